The molecule has 1 N–H and O–H groups in total. The van der Waals surface area contributed by atoms with E-state index in [1.54, 1.807) is 22.6 Å². The van der Waals surface area contributed by atoms with Crippen LogP contribution in [-0.2, 0) is 24.3 Å². The Morgan fingerprint density at radius 2 is 2.03 bits per heavy atom. The third-order valence-electron chi connectivity index (χ3n) is 5.16. The number of rotatable bonds is 5. The zero-order valence-electron chi connectivity index (χ0n) is 16.0. The van der Waals surface area contributed by atoms with Gasteiger partial charge >= 0.3 is 12.1 Å². The van der Waals surface area contributed by atoms with E-state index < -0.39 is 22.2 Å². The monoisotopic (exact) mass is 452 g/mol. The van der Waals surface area contributed by atoms with Crippen LogP contribution in [0.3, 0.4) is 0 Å². The van der Waals surface area contributed by atoms with Gasteiger partial charge in [-0.1, -0.05) is 0 Å². The van der Waals surface area contributed by atoms with Crippen molar-refractivity contribution < 1.29 is 41.0 Å². The number of pyridine rings is 1. The molecule has 1 aromatic heterocycles. The molecule has 2 aliphatic heterocycles. The van der Waals surface area contributed by atoms with Gasteiger partial charge in [0.1, 0.15) is 11.0 Å². The first-order valence-corrected chi connectivity index (χ1v) is 11.0. The summed E-state index contributed by atoms with van der Waals surface area (Å²) in [6.45, 7) is 1.78. The highest BCUT2D eigenvalue weighted by atomic mass is 32.2. The number of aromatic nitrogens is 1. The number of hydrogen-bond acceptors (Lipinski definition) is 6. The van der Waals surface area contributed by atoms with Gasteiger partial charge in [-0.05, 0) is 43.7 Å². The molecule has 30 heavy (non-hydrogen) atoms. The minimum absolute atomic E-state index is 0.127. The van der Waals surface area contributed by atoms with Crippen LogP contribution in [0.1, 0.15) is 25.7 Å². The lowest BCUT2D eigenvalue weighted by Crippen LogP contribution is -2.43. The number of fused-ring (bicyclic) bond motifs is 1. The molecule has 1 aromatic rings. The fourth-order valence-corrected chi connectivity index (χ4v) is 5.11. The van der Waals surface area contributed by atoms with Crippen molar-refractivity contribution >= 4 is 16.0 Å². The number of carboxylic acids is 1. The van der Waals surface area contributed by atoms with Crippen LogP contribution in [0.5, 0.6) is 0 Å². The molecule has 3 aliphatic rings. The SMILES string of the molecule is O=C(O)C(F)(F)F.O=S(=O)(c1cccnc1)N1C[C@@H](OCC2CC2)[C@H]2OCCC[C@H]21. The van der Waals surface area contributed by atoms with E-state index in [1.165, 1.54) is 19.0 Å². The van der Waals surface area contributed by atoms with Gasteiger partial charge in [0.2, 0.25) is 10.0 Å². The first-order valence-electron chi connectivity index (χ1n) is 9.56. The Hall–Kier alpha value is -1.76. The predicted octanol–water partition coefficient (Wildman–Crippen LogP) is 2.06. The van der Waals surface area contributed by atoms with E-state index >= 15 is 0 Å². The van der Waals surface area contributed by atoms with E-state index in [4.69, 9.17) is 19.4 Å². The van der Waals surface area contributed by atoms with Crippen LogP contribution >= 0.6 is 0 Å². The van der Waals surface area contributed by atoms with E-state index in [2.05, 4.69) is 4.98 Å². The third-order valence-corrected chi connectivity index (χ3v) is 7.03. The van der Waals surface area contributed by atoms with Crippen LogP contribution in [0.25, 0.3) is 0 Å². The van der Waals surface area contributed by atoms with Gasteiger partial charge in [0.15, 0.2) is 0 Å². The molecule has 4 rings (SSSR count). The number of carbonyl (C=O) groups is 1. The highest BCUT2D eigenvalue weighted by Crippen LogP contribution is 2.36. The molecule has 3 fully saturated rings. The van der Waals surface area contributed by atoms with Crippen LogP contribution in [0.2, 0.25) is 0 Å². The summed E-state index contributed by atoms with van der Waals surface area (Å²) >= 11 is 0. The molecule has 2 saturated heterocycles. The molecule has 8 nitrogen and oxygen atoms in total. The molecule has 168 valence electrons. The summed E-state index contributed by atoms with van der Waals surface area (Å²) in [5.74, 6) is -2.10. The molecule has 0 unspecified atom stereocenters. The van der Waals surface area contributed by atoms with Gasteiger partial charge in [-0.3, -0.25) is 4.98 Å². The second-order valence-electron chi connectivity index (χ2n) is 7.43. The normalized spacial score (nSPS) is 27.1. The molecule has 0 radical (unpaired) electrons. The van der Waals surface area contributed by atoms with Crippen molar-refractivity contribution in [3.8, 4) is 0 Å². The smallest absolute Gasteiger partial charge is 0.475 e. The largest absolute Gasteiger partial charge is 0.490 e. The lowest BCUT2D eigenvalue weighted by atomic mass is 10.0. The Morgan fingerprint density at radius 1 is 1.33 bits per heavy atom. The summed E-state index contributed by atoms with van der Waals surface area (Å²) in [5, 5.41) is 7.12. The topological polar surface area (TPSA) is 106 Å². The number of carboxylic acid groups (broad SMARTS) is 1. The maximum atomic E-state index is 13.0. The van der Waals surface area contributed by atoms with Crippen LogP contribution in [0.4, 0.5) is 13.2 Å². The molecule has 3 atom stereocenters. The van der Waals surface area contributed by atoms with E-state index in [0.717, 1.165) is 19.4 Å². The van der Waals surface area contributed by atoms with Gasteiger partial charge < -0.3 is 14.6 Å². The van der Waals surface area contributed by atoms with Crippen molar-refractivity contribution in [2.24, 2.45) is 5.92 Å². The van der Waals surface area contributed by atoms with E-state index in [1.807, 2.05) is 0 Å². The van der Waals surface area contributed by atoms with Crippen molar-refractivity contribution in [3.05, 3.63) is 24.5 Å². The summed E-state index contributed by atoms with van der Waals surface area (Å²) in [7, 11) is -3.55. The van der Waals surface area contributed by atoms with Gasteiger partial charge in [-0.25, -0.2) is 13.2 Å². The number of nitrogens with zero attached hydrogens (tertiary/aromatic N) is 2. The van der Waals surface area contributed by atoms with E-state index in [9.17, 15) is 21.6 Å². The maximum absolute atomic E-state index is 13.0. The second kappa shape index (κ2) is 9.16. The molecule has 1 saturated carbocycles. The number of alkyl halides is 3. The van der Waals surface area contributed by atoms with Crippen molar-refractivity contribution in [2.45, 2.75) is 55.0 Å². The predicted molar refractivity (Wildman–Crippen MR) is 97.0 cm³/mol. The fourth-order valence-electron chi connectivity index (χ4n) is 3.47. The summed E-state index contributed by atoms with van der Waals surface area (Å²) in [5.41, 5.74) is 0. The van der Waals surface area contributed by atoms with Gasteiger partial charge in [-0.2, -0.15) is 17.5 Å². The van der Waals surface area contributed by atoms with Crippen molar-refractivity contribution in [2.75, 3.05) is 19.8 Å². The Kier molecular flexibility index (Phi) is 7.00. The van der Waals surface area contributed by atoms with Gasteiger partial charge in [0, 0.05) is 32.2 Å². The Bertz CT molecular complexity index is 832. The standard InChI is InChI=1S/C16H22N2O4S.C2HF3O2/c19-23(20,13-3-1-7-17-9-13)18-10-15(22-11-12-5-6-12)16-14(18)4-2-8-21-16;3-2(4,5)1(6)7/h1,3,7,9,12,14-16H,2,4-6,8,10-11H2;(H,6,7)/t14-,15-,16+;/m1./s1. The Labute approximate surface area is 172 Å². The molecule has 0 bridgehead atoms. The second-order valence-corrected chi connectivity index (χ2v) is 9.32. The summed E-state index contributed by atoms with van der Waals surface area (Å²) in [6, 6.07) is 3.12. The quantitative estimate of drug-likeness (QED) is 0.729. The third kappa shape index (κ3) is 5.48. The number of aliphatic carboxylic acids is 1. The first kappa shape index (κ1) is 22.9. The van der Waals surface area contributed by atoms with Gasteiger partial charge in [-0.15, -0.1) is 0 Å². The number of sulfonamides is 1. The molecule has 3 heterocycles. The van der Waals surface area contributed by atoms with Crippen molar-refractivity contribution in [3.63, 3.8) is 0 Å². The fraction of sp³-hybridized carbons (Fsp3) is 0.667. The van der Waals surface area contributed by atoms with E-state index in [0.29, 0.717) is 19.1 Å². The molecule has 0 amide bonds. The van der Waals surface area contributed by atoms with Crippen LogP contribution in [0.15, 0.2) is 29.4 Å². The summed E-state index contributed by atoms with van der Waals surface area (Å²) in [4.78, 5) is 13.1. The van der Waals surface area contributed by atoms with Crippen LogP contribution < -0.4 is 0 Å². The number of halogens is 3. The zero-order chi connectivity index (χ0) is 21.9. The average molecular weight is 452 g/mol. The highest BCUT2D eigenvalue weighted by Gasteiger charge is 2.50. The lowest BCUT2D eigenvalue weighted by Gasteiger charge is -2.31. The van der Waals surface area contributed by atoms with Gasteiger partial charge in [0.25, 0.3) is 0 Å². The van der Waals surface area contributed by atoms with Crippen LogP contribution in [-0.4, -0.2) is 73.0 Å². The minimum Gasteiger partial charge on any atom is -0.475 e. The molecule has 0 aromatic carbocycles. The highest BCUT2D eigenvalue weighted by molar-refractivity contribution is 7.89. The molecule has 12 heteroatoms. The van der Waals surface area contributed by atoms with E-state index in [-0.39, 0.29) is 23.1 Å². The number of hydrogen-bond donors (Lipinski definition) is 1. The molecular weight excluding hydrogens is 429 g/mol. The van der Waals surface area contributed by atoms with Crippen molar-refractivity contribution in [1.29, 1.82) is 0 Å². The maximum Gasteiger partial charge on any atom is 0.490 e. The minimum atomic E-state index is -5.08. The summed E-state index contributed by atoms with van der Waals surface area (Å²) in [6.07, 6.45) is 1.76. The zero-order valence-corrected chi connectivity index (χ0v) is 16.8. The summed E-state index contributed by atoms with van der Waals surface area (Å²) < 4.78 is 71.1. The van der Waals surface area contributed by atoms with Crippen molar-refractivity contribution in [1.82, 2.24) is 9.29 Å². The Balaban J connectivity index is 0.000000318. The molecule has 0 spiro atoms. The van der Waals surface area contributed by atoms with Crippen LogP contribution in [0, 0.1) is 5.92 Å². The van der Waals surface area contributed by atoms with Gasteiger partial charge in [0.05, 0.1) is 12.1 Å². The first-order chi connectivity index (χ1) is 14.1. The molecule has 1 aliphatic carbocycles. The lowest BCUT2D eigenvalue weighted by molar-refractivity contribution is -0.192. The average Bonchev–Trinajstić information content (AvgIpc) is 3.46. The molecular formula is C18H23F3N2O6S. The number of ether oxygens (including phenoxy) is 2. The Morgan fingerprint density at radius 3 is 2.60 bits per heavy atom.